The fraction of sp³-hybridized carbons (Fsp3) is 0.0769. The zero-order valence-corrected chi connectivity index (χ0v) is 9.89. The highest BCUT2D eigenvalue weighted by molar-refractivity contribution is 7.60. The molecule has 0 saturated heterocycles. The molecule has 0 aliphatic heterocycles. The van der Waals surface area contributed by atoms with Crippen molar-refractivity contribution in [3.8, 4) is 11.1 Å². The van der Waals surface area contributed by atoms with Gasteiger partial charge in [-0.25, -0.2) is 0 Å². The maximum atomic E-state index is 11.2. The van der Waals surface area contributed by atoms with Crippen molar-refractivity contribution < 1.29 is 14.4 Å². The van der Waals surface area contributed by atoms with E-state index in [0.29, 0.717) is 0 Å². The Hall–Kier alpha value is -1.41. The van der Waals surface area contributed by atoms with Crippen LogP contribution in [0.4, 0.5) is 0 Å². The Morgan fingerprint density at radius 2 is 1.65 bits per heavy atom. The standard InChI is InChI=1S/C13H11O3P/c14-17(15,16)11-5-6-13-10(8-11)7-9-3-1-2-4-12(9)13/h1-6,8H,7H2,(H2,14,15,16). The Balaban J connectivity index is 2.17. The number of rotatable bonds is 1. The van der Waals surface area contributed by atoms with Crippen molar-refractivity contribution in [1.29, 1.82) is 0 Å². The van der Waals surface area contributed by atoms with E-state index in [0.717, 1.165) is 17.5 Å². The van der Waals surface area contributed by atoms with Gasteiger partial charge in [0.2, 0.25) is 0 Å². The zero-order valence-electron chi connectivity index (χ0n) is 9.00. The number of hydrogen-bond acceptors (Lipinski definition) is 1. The average molecular weight is 246 g/mol. The van der Waals surface area contributed by atoms with Gasteiger partial charge in [0.25, 0.3) is 0 Å². The summed E-state index contributed by atoms with van der Waals surface area (Å²) in [6.07, 6.45) is 0.749. The minimum atomic E-state index is -4.15. The highest BCUT2D eigenvalue weighted by atomic mass is 31.2. The molecule has 86 valence electrons. The van der Waals surface area contributed by atoms with E-state index >= 15 is 0 Å². The van der Waals surface area contributed by atoms with Gasteiger partial charge in [-0.1, -0.05) is 30.3 Å². The van der Waals surface area contributed by atoms with Crippen LogP contribution < -0.4 is 5.30 Å². The number of benzene rings is 2. The van der Waals surface area contributed by atoms with Gasteiger partial charge in [0.05, 0.1) is 5.30 Å². The van der Waals surface area contributed by atoms with Gasteiger partial charge in [0.15, 0.2) is 0 Å². The van der Waals surface area contributed by atoms with Crippen molar-refractivity contribution >= 4 is 12.9 Å². The molecule has 1 aliphatic carbocycles. The zero-order chi connectivity index (χ0) is 12.0. The predicted octanol–water partition coefficient (Wildman–Crippen LogP) is 2.06. The summed E-state index contributed by atoms with van der Waals surface area (Å²) < 4.78 is 11.2. The highest BCUT2D eigenvalue weighted by Gasteiger charge is 2.22. The van der Waals surface area contributed by atoms with Crippen LogP contribution in [-0.4, -0.2) is 9.79 Å². The van der Waals surface area contributed by atoms with E-state index < -0.39 is 7.60 Å². The molecule has 3 rings (SSSR count). The molecule has 17 heavy (non-hydrogen) atoms. The molecule has 0 bridgehead atoms. The van der Waals surface area contributed by atoms with Crippen LogP contribution in [0.2, 0.25) is 0 Å². The molecule has 1 aliphatic rings. The van der Waals surface area contributed by atoms with Crippen LogP contribution >= 0.6 is 7.60 Å². The largest absolute Gasteiger partial charge is 0.356 e. The normalized spacial score (nSPS) is 13.3. The molecular formula is C13H11O3P. The molecule has 0 radical (unpaired) electrons. The van der Waals surface area contributed by atoms with Crippen molar-refractivity contribution in [3.63, 3.8) is 0 Å². The van der Waals surface area contributed by atoms with E-state index in [1.807, 2.05) is 24.3 Å². The molecule has 0 unspecified atom stereocenters. The third-order valence-corrected chi connectivity index (χ3v) is 4.06. The molecule has 0 saturated carbocycles. The Morgan fingerprint density at radius 1 is 0.941 bits per heavy atom. The van der Waals surface area contributed by atoms with Crippen LogP contribution in [0.1, 0.15) is 11.1 Å². The Bertz CT molecular complexity index is 643. The fourth-order valence-corrected chi connectivity index (χ4v) is 2.91. The van der Waals surface area contributed by atoms with Crippen LogP contribution in [0.15, 0.2) is 42.5 Å². The summed E-state index contributed by atoms with van der Waals surface area (Å²) in [5, 5.41) is 0.101. The summed E-state index contributed by atoms with van der Waals surface area (Å²) in [7, 11) is -4.15. The van der Waals surface area contributed by atoms with Crippen molar-refractivity contribution in [3.05, 3.63) is 53.6 Å². The second-order valence-electron chi connectivity index (χ2n) is 4.22. The van der Waals surface area contributed by atoms with Gasteiger partial charge < -0.3 is 9.79 Å². The van der Waals surface area contributed by atoms with Gasteiger partial charge >= 0.3 is 7.60 Å². The lowest BCUT2D eigenvalue weighted by Crippen LogP contribution is -2.04. The second-order valence-corrected chi connectivity index (χ2v) is 5.82. The Morgan fingerprint density at radius 3 is 2.41 bits per heavy atom. The lowest BCUT2D eigenvalue weighted by Gasteiger charge is -2.06. The first-order valence-electron chi connectivity index (χ1n) is 5.33. The molecular weight excluding hydrogens is 235 g/mol. The highest BCUT2D eigenvalue weighted by Crippen LogP contribution is 2.39. The first-order chi connectivity index (χ1) is 8.05. The van der Waals surface area contributed by atoms with E-state index in [9.17, 15) is 4.57 Å². The molecule has 3 nitrogen and oxygen atoms in total. The molecule has 0 fully saturated rings. The SMILES string of the molecule is O=P(O)(O)c1ccc2c(c1)Cc1ccccc1-2. The quantitative estimate of drug-likeness (QED) is 0.646. The first kappa shape index (κ1) is 10.7. The number of fused-ring (bicyclic) bond motifs is 3. The average Bonchev–Trinajstić information content (AvgIpc) is 2.65. The summed E-state index contributed by atoms with van der Waals surface area (Å²) in [6.45, 7) is 0. The van der Waals surface area contributed by atoms with Gasteiger partial charge in [0, 0.05) is 0 Å². The topological polar surface area (TPSA) is 57.5 Å². The van der Waals surface area contributed by atoms with E-state index in [4.69, 9.17) is 9.79 Å². The van der Waals surface area contributed by atoms with Crippen LogP contribution in [-0.2, 0) is 11.0 Å². The van der Waals surface area contributed by atoms with Gasteiger partial charge in [-0.05, 0) is 40.8 Å². The van der Waals surface area contributed by atoms with E-state index in [1.54, 1.807) is 12.1 Å². The summed E-state index contributed by atoms with van der Waals surface area (Å²) in [5.41, 5.74) is 4.45. The second kappa shape index (κ2) is 3.54. The molecule has 2 aromatic carbocycles. The monoisotopic (exact) mass is 246 g/mol. The molecule has 0 spiro atoms. The smallest absolute Gasteiger partial charge is 0.321 e. The lowest BCUT2D eigenvalue weighted by atomic mass is 10.1. The molecule has 2 N–H and O–H groups in total. The third-order valence-electron chi connectivity index (χ3n) is 3.11. The maximum absolute atomic E-state index is 11.2. The summed E-state index contributed by atoms with van der Waals surface area (Å²) in [5.74, 6) is 0. The van der Waals surface area contributed by atoms with E-state index in [-0.39, 0.29) is 5.30 Å². The summed E-state index contributed by atoms with van der Waals surface area (Å²) in [6, 6.07) is 13.0. The van der Waals surface area contributed by atoms with Crippen LogP contribution in [0.25, 0.3) is 11.1 Å². The minimum absolute atomic E-state index is 0.101. The third kappa shape index (κ3) is 1.73. The van der Waals surface area contributed by atoms with E-state index in [1.165, 1.54) is 17.2 Å². The van der Waals surface area contributed by atoms with E-state index in [2.05, 4.69) is 0 Å². The molecule has 0 atom stereocenters. The van der Waals surface area contributed by atoms with Gasteiger partial charge in [0.1, 0.15) is 0 Å². The first-order valence-corrected chi connectivity index (χ1v) is 6.94. The fourth-order valence-electron chi connectivity index (χ4n) is 2.31. The van der Waals surface area contributed by atoms with Crippen molar-refractivity contribution in [1.82, 2.24) is 0 Å². The molecule has 2 aromatic rings. The summed E-state index contributed by atoms with van der Waals surface area (Å²) in [4.78, 5) is 18.3. The summed E-state index contributed by atoms with van der Waals surface area (Å²) >= 11 is 0. The van der Waals surface area contributed by atoms with Crippen LogP contribution in [0.3, 0.4) is 0 Å². The van der Waals surface area contributed by atoms with Crippen LogP contribution in [0.5, 0.6) is 0 Å². The van der Waals surface area contributed by atoms with Gasteiger partial charge in [-0.3, -0.25) is 4.57 Å². The molecule has 4 heteroatoms. The lowest BCUT2D eigenvalue weighted by molar-refractivity contribution is 0.387. The molecule has 0 aromatic heterocycles. The predicted molar refractivity (Wildman–Crippen MR) is 66.4 cm³/mol. The Kier molecular flexibility index (Phi) is 2.23. The molecule has 0 amide bonds. The minimum Gasteiger partial charge on any atom is -0.321 e. The van der Waals surface area contributed by atoms with Crippen molar-refractivity contribution in [2.24, 2.45) is 0 Å². The molecule has 0 heterocycles. The maximum Gasteiger partial charge on any atom is 0.356 e. The number of hydrogen-bond donors (Lipinski definition) is 2. The Labute approximate surface area is 98.9 Å². The van der Waals surface area contributed by atoms with Gasteiger partial charge in [-0.15, -0.1) is 0 Å². The van der Waals surface area contributed by atoms with Gasteiger partial charge in [-0.2, -0.15) is 0 Å². The van der Waals surface area contributed by atoms with Crippen LogP contribution in [0, 0.1) is 0 Å². The van der Waals surface area contributed by atoms with Crippen molar-refractivity contribution in [2.75, 3.05) is 0 Å². The van der Waals surface area contributed by atoms with Crippen molar-refractivity contribution in [2.45, 2.75) is 6.42 Å².